The molecule has 2 rings (SSSR count). The third-order valence-electron chi connectivity index (χ3n) is 3.35. The number of carboxylic acids is 1. The molecular weight excluding hydrogens is 302 g/mol. The van der Waals surface area contributed by atoms with Crippen molar-refractivity contribution >= 4 is 23.2 Å². The fraction of sp³-hybridized carbons (Fsp3) is 0.250. The maximum Gasteiger partial charge on any atom is 0.330 e. The van der Waals surface area contributed by atoms with E-state index in [0.717, 1.165) is 4.88 Å². The van der Waals surface area contributed by atoms with Crippen LogP contribution in [0.4, 0.5) is 0 Å². The fourth-order valence-corrected chi connectivity index (χ4v) is 2.80. The Balaban J connectivity index is 2.14. The van der Waals surface area contributed by atoms with Crippen LogP contribution in [0.2, 0.25) is 0 Å². The number of ether oxygens (including phenoxy) is 1. The van der Waals surface area contributed by atoms with Crippen LogP contribution in [0, 0.1) is 0 Å². The van der Waals surface area contributed by atoms with Crippen molar-refractivity contribution < 1.29 is 19.4 Å². The highest BCUT2D eigenvalue weighted by atomic mass is 32.1. The number of hydrogen-bond donors (Lipinski definition) is 2. The van der Waals surface area contributed by atoms with Gasteiger partial charge in [-0.3, -0.25) is 4.79 Å². The Hall–Kier alpha value is -2.34. The van der Waals surface area contributed by atoms with Gasteiger partial charge in [-0.1, -0.05) is 18.2 Å². The van der Waals surface area contributed by atoms with Crippen molar-refractivity contribution in [2.24, 2.45) is 0 Å². The Morgan fingerprint density at radius 2 is 1.91 bits per heavy atom. The van der Waals surface area contributed by atoms with Crippen LogP contribution in [0.25, 0.3) is 0 Å². The Labute approximate surface area is 132 Å². The molecule has 1 amide bonds. The van der Waals surface area contributed by atoms with Crippen molar-refractivity contribution in [1.29, 1.82) is 0 Å². The quantitative estimate of drug-likeness (QED) is 0.858. The second-order valence-corrected chi connectivity index (χ2v) is 5.77. The highest BCUT2D eigenvalue weighted by Gasteiger charge is 2.25. The number of benzene rings is 1. The zero-order chi connectivity index (χ0) is 16.1. The van der Waals surface area contributed by atoms with Gasteiger partial charge in [0.1, 0.15) is 5.75 Å². The third kappa shape index (κ3) is 3.65. The monoisotopic (exact) mass is 319 g/mol. The van der Waals surface area contributed by atoms with E-state index in [1.54, 1.807) is 31.2 Å². The predicted octanol–water partition coefficient (Wildman–Crippen LogP) is 2.80. The minimum atomic E-state index is -1.10. The van der Waals surface area contributed by atoms with Gasteiger partial charge in [0, 0.05) is 4.88 Å². The van der Waals surface area contributed by atoms with E-state index in [1.807, 2.05) is 17.5 Å². The number of carbonyl (C=O) groups excluding carboxylic acids is 1. The van der Waals surface area contributed by atoms with Gasteiger partial charge in [0.15, 0.2) is 6.04 Å². The van der Waals surface area contributed by atoms with E-state index in [9.17, 15) is 14.7 Å². The lowest BCUT2D eigenvalue weighted by Crippen LogP contribution is -2.36. The molecule has 1 heterocycles. The standard InChI is InChI=1S/C16H17NO4S/c1-10(13-4-3-9-22-13)15(18)17-14(16(19)20)11-5-7-12(21-2)8-6-11/h3-10,14H,1-2H3,(H,17,18)(H,19,20). The molecule has 0 aliphatic carbocycles. The van der Waals surface area contributed by atoms with Crippen LogP contribution in [0.15, 0.2) is 41.8 Å². The van der Waals surface area contributed by atoms with Crippen LogP contribution in [0.5, 0.6) is 5.75 Å². The number of carboxylic acid groups (broad SMARTS) is 1. The molecule has 2 atom stereocenters. The molecule has 0 fully saturated rings. The van der Waals surface area contributed by atoms with E-state index in [-0.39, 0.29) is 11.8 Å². The highest BCUT2D eigenvalue weighted by molar-refractivity contribution is 7.10. The van der Waals surface area contributed by atoms with Crippen LogP contribution < -0.4 is 10.1 Å². The lowest BCUT2D eigenvalue weighted by molar-refractivity contribution is -0.142. The normalized spacial score (nSPS) is 13.2. The molecule has 0 spiro atoms. The van der Waals surface area contributed by atoms with Gasteiger partial charge in [-0.15, -0.1) is 11.3 Å². The summed E-state index contributed by atoms with van der Waals surface area (Å²) in [6.07, 6.45) is 0. The summed E-state index contributed by atoms with van der Waals surface area (Å²) in [6.45, 7) is 1.76. The minimum absolute atomic E-state index is 0.314. The number of amides is 1. The summed E-state index contributed by atoms with van der Waals surface area (Å²) >= 11 is 1.47. The van der Waals surface area contributed by atoms with Crippen molar-refractivity contribution in [2.75, 3.05) is 7.11 Å². The summed E-state index contributed by atoms with van der Waals surface area (Å²) < 4.78 is 5.04. The third-order valence-corrected chi connectivity index (χ3v) is 4.40. The molecule has 0 saturated carbocycles. The summed E-state index contributed by atoms with van der Waals surface area (Å²) in [7, 11) is 1.54. The Bertz CT molecular complexity index is 637. The number of methoxy groups -OCH3 is 1. The van der Waals surface area contributed by atoms with E-state index in [1.165, 1.54) is 18.4 Å². The van der Waals surface area contributed by atoms with Gasteiger partial charge in [0.05, 0.1) is 13.0 Å². The first-order valence-electron chi connectivity index (χ1n) is 6.73. The molecule has 1 aromatic carbocycles. The topological polar surface area (TPSA) is 75.6 Å². The molecule has 2 aromatic rings. The van der Waals surface area contributed by atoms with Crippen molar-refractivity contribution in [3.63, 3.8) is 0 Å². The molecule has 0 aliphatic heterocycles. The lowest BCUT2D eigenvalue weighted by Gasteiger charge is -2.18. The summed E-state index contributed by atoms with van der Waals surface area (Å²) in [6, 6.07) is 9.24. The minimum Gasteiger partial charge on any atom is -0.497 e. The van der Waals surface area contributed by atoms with Crippen LogP contribution in [0.1, 0.15) is 29.3 Å². The molecule has 2 N–H and O–H groups in total. The summed E-state index contributed by atoms with van der Waals surface area (Å²) in [5.41, 5.74) is 0.500. The van der Waals surface area contributed by atoms with Gasteiger partial charge in [-0.05, 0) is 36.1 Å². The first-order chi connectivity index (χ1) is 10.5. The number of nitrogens with one attached hydrogen (secondary N) is 1. The van der Waals surface area contributed by atoms with Gasteiger partial charge in [-0.25, -0.2) is 4.79 Å². The molecule has 0 aliphatic rings. The van der Waals surface area contributed by atoms with E-state index in [4.69, 9.17) is 4.74 Å². The largest absolute Gasteiger partial charge is 0.497 e. The molecule has 116 valence electrons. The number of carbonyl (C=O) groups is 2. The average Bonchev–Trinajstić information content (AvgIpc) is 3.05. The molecule has 0 saturated heterocycles. The van der Waals surface area contributed by atoms with Gasteiger partial charge < -0.3 is 15.2 Å². The van der Waals surface area contributed by atoms with Crippen molar-refractivity contribution in [3.05, 3.63) is 52.2 Å². The maximum atomic E-state index is 12.3. The molecule has 0 bridgehead atoms. The van der Waals surface area contributed by atoms with Crippen molar-refractivity contribution in [1.82, 2.24) is 5.32 Å². The summed E-state index contributed by atoms with van der Waals surface area (Å²) in [4.78, 5) is 24.6. The van der Waals surface area contributed by atoms with Crippen LogP contribution in [-0.4, -0.2) is 24.1 Å². The second-order valence-electron chi connectivity index (χ2n) is 4.79. The molecule has 2 unspecified atom stereocenters. The first-order valence-corrected chi connectivity index (χ1v) is 7.61. The number of thiophene rings is 1. The van der Waals surface area contributed by atoms with Gasteiger partial charge in [0.25, 0.3) is 0 Å². The second kappa shape index (κ2) is 7.09. The first kappa shape index (κ1) is 16.0. The molecule has 1 aromatic heterocycles. The van der Waals surface area contributed by atoms with Gasteiger partial charge in [0.2, 0.25) is 5.91 Å². The maximum absolute atomic E-state index is 12.3. The molecular formula is C16H17NO4S. The zero-order valence-corrected chi connectivity index (χ0v) is 13.1. The van der Waals surface area contributed by atoms with Crippen LogP contribution >= 0.6 is 11.3 Å². The Morgan fingerprint density at radius 3 is 2.41 bits per heavy atom. The molecule has 0 radical (unpaired) electrons. The Kier molecular flexibility index (Phi) is 5.16. The molecule has 6 heteroatoms. The molecule has 22 heavy (non-hydrogen) atoms. The van der Waals surface area contributed by atoms with Gasteiger partial charge in [-0.2, -0.15) is 0 Å². The predicted molar refractivity (Wildman–Crippen MR) is 84.2 cm³/mol. The molecule has 5 nitrogen and oxygen atoms in total. The summed E-state index contributed by atoms with van der Waals surface area (Å²) in [5, 5.41) is 13.8. The fourth-order valence-electron chi connectivity index (χ4n) is 2.02. The highest BCUT2D eigenvalue weighted by Crippen LogP contribution is 2.23. The van der Waals surface area contributed by atoms with E-state index < -0.39 is 12.0 Å². The van der Waals surface area contributed by atoms with Gasteiger partial charge >= 0.3 is 5.97 Å². The summed E-state index contributed by atoms with van der Waals surface area (Å²) in [5.74, 6) is -1.17. The van der Waals surface area contributed by atoms with Crippen molar-refractivity contribution in [3.8, 4) is 5.75 Å². The van der Waals surface area contributed by atoms with Crippen LogP contribution in [-0.2, 0) is 9.59 Å². The SMILES string of the molecule is COc1ccc(C(NC(=O)C(C)c2cccs2)C(=O)O)cc1. The smallest absolute Gasteiger partial charge is 0.330 e. The number of rotatable bonds is 6. The van der Waals surface area contributed by atoms with E-state index >= 15 is 0 Å². The van der Waals surface area contributed by atoms with E-state index in [0.29, 0.717) is 11.3 Å². The van der Waals surface area contributed by atoms with E-state index in [2.05, 4.69) is 5.32 Å². The number of aliphatic carboxylic acids is 1. The lowest BCUT2D eigenvalue weighted by atomic mass is 10.0. The van der Waals surface area contributed by atoms with Crippen molar-refractivity contribution in [2.45, 2.75) is 18.9 Å². The average molecular weight is 319 g/mol. The zero-order valence-electron chi connectivity index (χ0n) is 12.3. The number of hydrogen-bond acceptors (Lipinski definition) is 4. The van der Waals surface area contributed by atoms with Crippen LogP contribution in [0.3, 0.4) is 0 Å². The Morgan fingerprint density at radius 1 is 1.23 bits per heavy atom.